The Bertz CT molecular complexity index is 514. The Labute approximate surface area is 97.0 Å². The minimum absolute atomic E-state index is 0.309. The van der Waals surface area contributed by atoms with Crippen LogP contribution in [0.4, 0.5) is 10.3 Å². The zero-order valence-corrected chi connectivity index (χ0v) is 8.98. The van der Waals surface area contributed by atoms with Gasteiger partial charge in [0.05, 0.1) is 0 Å². The summed E-state index contributed by atoms with van der Waals surface area (Å²) in [6.07, 6.45) is 0.513. The molecular weight excluding hydrogens is 223 g/mol. The molecule has 0 spiro atoms. The number of hydrogen-bond donors (Lipinski definition) is 2. The zero-order valence-electron chi connectivity index (χ0n) is 8.98. The van der Waals surface area contributed by atoms with Gasteiger partial charge in [0.2, 0.25) is 12.3 Å². The number of nitrogens with zero attached hydrogens (tertiary/aromatic N) is 2. The molecule has 0 saturated carbocycles. The number of ether oxygens (including phenoxy) is 1. The van der Waals surface area contributed by atoms with Gasteiger partial charge in [-0.05, 0) is 11.6 Å². The summed E-state index contributed by atoms with van der Waals surface area (Å²) in [7, 11) is 0. The molecule has 17 heavy (non-hydrogen) atoms. The van der Waals surface area contributed by atoms with Gasteiger partial charge < -0.3 is 10.1 Å². The predicted octanol–water partition coefficient (Wildman–Crippen LogP) is 1.65. The molecule has 0 aliphatic carbocycles. The third-order valence-corrected chi connectivity index (χ3v) is 2.71. The van der Waals surface area contributed by atoms with Gasteiger partial charge in [0, 0.05) is 18.5 Å². The van der Waals surface area contributed by atoms with E-state index >= 15 is 0 Å². The van der Waals surface area contributed by atoms with Gasteiger partial charge in [-0.2, -0.15) is 5.10 Å². The number of rotatable bonds is 3. The number of alkyl halides is 1. The first-order chi connectivity index (χ1) is 8.33. The highest BCUT2D eigenvalue weighted by atomic mass is 19.1. The van der Waals surface area contributed by atoms with E-state index in [0.29, 0.717) is 24.7 Å². The van der Waals surface area contributed by atoms with Crippen molar-refractivity contribution in [2.75, 3.05) is 5.32 Å². The summed E-state index contributed by atoms with van der Waals surface area (Å²) in [4.78, 5) is 3.96. The van der Waals surface area contributed by atoms with Crippen LogP contribution in [0.2, 0.25) is 0 Å². The Morgan fingerprint density at radius 1 is 1.53 bits per heavy atom. The van der Waals surface area contributed by atoms with E-state index < -0.39 is 6.36 Å². The van der Waals surface area contributed by atoms with Crippen LogP contribution in [0.5, 0.6) is 5.75 Å². The molecule has 1 aromatic carbocycles. The van der Waals surface area contributed by atoms with Crippen LogP contribution in [0.15, 0.2) is 24.5 Å². The van der Waals surface area contributed by atoms with Gasteiger partial charge in [0.1, 0.15) is 12.1 Å². The lowest BCUT2D eigenvalue weighted by atomic mass is 10.1. The average molecular weight is 234 g/mol. The SMILES string of the molecule is FC1Cc2c(CNc3ncn[nH]3)cccc2O1. The summed E-state index contributed by atoms with van der Waals surface area (Å²) in [6.45, 7) is 0.564. The maximum absolute atomic E-state index is 13.1. The number of fused-ring (bicyclic) bond motifs is 1. The summed E-state index contributed by atoms with van der Waals surface area (Å²) in [5.41, 5.74) is 1.94. The van der Waals surface area contributed by atoms with Crippen molar-refractivity contribution in [1.29, 1.82) is 0 Å². The van der Waals surface area contributed by atoms with Gasteiger partial charge >= 0.3 is 0 Å². The number of nitrogens with one attached hydrogen (secondary N) is 2. The van der Waals surface area contributed by atoms with E-state index in [-0.39, 0.29) is 0 Å². The molecular formula is C11H11FN4O. The van der Waals surface area contributed by atoms with E-state index in [4.69, 9.17) is 4.74 Å². The molecule has 0 saturated heterocycles. The second-order valence-electron chi connectivity index (χ2n) is 3.81. The van der Waals surface area contributed by atoms with Gasteiger partial charge in [-0.25, -0.2) is 14.5 Å². The van der Waals surface area contributed by atoms with Gasteiger partial charge in [-0.3, -0.25) is 0 Å². The fourth-order valence-electron chi connectivity index (χ4n) is 1.93. The zero-order chi connectivity index (χ0) is 11.7. The lowest BCUT2D eigenvalue weighted by Gasteiger charge is -2.06. The smallest absolute Gasteiger partial charge is 0.242 e. The quantitative estimate of drug-likeness (QED) is 0.847. The van der Waals surface area contributed by atoms with Crippen molar-refractivity contribution < 1.29 is 9.13 Å². The molecule has 5 nitrogen and oxygen atoms in total. The molecule has 88 valence electrons. The van der Waals surface area contributed by atoms with Crippen LogP contribution >= 0.6 is 0 Å². The van der Waals surface area contributed by atoms with Crippen LogP contribution in [-0.4, -0.2) is 21.5 Å². The van der Waals surface area contributed by atoms with Crippen LogP contribution in [-0.2, 0) is 13.0 Å². The highest BCUT2D eigenvalue weighted by molar-refractivity contribution is 5.44. The lowest BCUT2D eigenvalue weighted by Crippen LogP contribution is -2.05. The standard InChI is InChI=1S/C11H11FN4O/c12-10-4-8-7(2-1-3-9(8)17-10)5-13-11-14-6-15-16-11/h1-3,6,10H,4-5H2,(H2,13,14,15,16). The number of aromatic amines is 1. The summed E-state index contributed by atoms with van der Waals surface area (Å²) in [6, 6.07) is 5.59. The van der Waals surface area contributed by atoms with Gasteiger partial charge in [0.25, 0.3) is 0 Å². The van der Waals surface area contributed by atoms with Crippen LogP contribution in [0.3, 0.4) is 0 Å². The Morgan fingerprint density at radius 3 is 3.29 bits per heavy atom. The van der Waals surface area contributed by atoms with Crippen molar-refractivity contribution in [1.82, 2.24) is 15.2 Å². The number of benzene rings is 1. The fraction of sp³-hybridized carbons (Fsp3) is 0.273. The van der Waals surface area contributed by atoms with Crippen LogP contribution in [0.1, 0.15) is 11.1 Å². The second kappa shape index (κ2) is 4.04. The number of hydrogen-bond acceptors (Lipinski definition) is 4. The second-order valence-corrected chi connectivity index (χ2v) is 3.81. The molecule has 1 unspecified atom stereocenters. The third-order valence-electron chi connectivity index (χ3n) is 2.71. The van der Waals surface area contributed by atoms with E-state index in [9.17, 15) is 4.39 Å². The minimum Gasteiger partial charge on any atom is -0.460 e. The topological polar surface area (TPSA) is 62.8 Å². The van der Waals surface area contributed by atoms with Crippen molar-refractivity contribution in [2.45, 2.75) is 19.3 Å². The molecule has 1 aliphatic rings. The number of H-pyrrole nitrogens is 1. The van der Waals surface area contributed by atoms with Crippen molar-refractivity contribution in [3.05, 3.63) is 35.7 Å². The largest absolute Gasteiger partial charge is 0.460 e. The molecule has 3 rings (SSSR count). The van der Waals surface area contributed by atoms with E-state index in [1.807, 2.05) is 12.1 Å². The van der Waals surface area contributed by atoms with E-state index in [0.717, 1.165) is 11.1 Å². The average Bonchev–Trinajstić information content (AvgIpc) is 2.93. The molecule has 1 aromatic heterocycles. The van der Waals surface area contributed by atoms with Gasteiger partial charge in [-0.15, -0.1) is 0 Å². The monoisotopic (exact) mass is 234 g/mol. The maximum atomic E-state index is 13.1. The first-order valence-corrected chi connectivity index (χ1v) is 5.33. The maximum Gasteiger partial charge on any atom is 0.242 e. The minimum atomic E-state index is -1.23. The third kappa shape index (κ3) is 1.93. The molecule has 0 bridgehead atoms. The molecule has 0 fully saturated rings. The van der Waals surface area contributed by atoms with Crippen molar-refractivity contribution in [3.8, 4) is 5.75 Å². The van der Waals surface area contributed by atoms with Crippen molar-refractivity contribution >= 4 is 5.95 Å². The summed E-state index contributed by atoms with van der Waals surface area (Å²) >= 11 is 0. The summed E-state index contributed by atoms with van der Waals surface area (Å²) in [5.74, 6) is 1.23. The van der Waals surface area contributed by atoms with Crippen LogP contribution in [0, 0.1) is 0 Å². The molecule has 2 N–H and O–H groups in total. The first kappa shape index (κ1) is 10.1. The van der Waals surface area contributed by atoms with E-state index in [1.54, 1.807) is 6.07 Å². The lowest BCUT2D eigenvalue weighted by molar-refractivity contribution is 0.0911. The molecule has 2 aromatic rings. The Morgan fingerprint density at radius 2 is 2.47 bits per heavy atom. The van der Waals surface area contributed by atoms with Crippen molar-refractivity contribution in [2.24, 2.45) is 0 Å². The molecule has 1 atom stereocenters. The highest BCUT2D eigenvalue weighted by Crippen LogP contribution is 2.32. The predicted molar refractivity (Wildman–Crippen MR) is 59.4 cm³/mol. The number of anilines is 1. The molecule has 2 heterocycles. The summed E-state index contributed by atoms with van der Waals surface area (Å²) < 4.78 is 18.2. The molecule has 6 heteroatoms. The van der Waals surface area contributed by atoms with Crippen LogP contribution in [0.25, 0.3) is 0 Å². The Kier molecular flexibility index (Phi) is 2.40. The first-order valence-electron chi connectivity index (χ1n) is 5.33. The van der Waals surface area contributed by atoms with E-state index in [1.165, 1.54) is 6.33 Å². The molecule has 1 aliphatic heterocycles. The Hall–Kier alpha value is -2.11. The van der Waals surface area contributed by atoms with Gasteiger partial charge in [-0.1, -0.05) is 12.1 Å². The van der Waals surface area contributed by atoms with Gasteiger partial charge in [0.15, 0.2) is 0 Å². The Balaban J connectivity index is 1.78. The molecule has 0 radical (unpaired) electrons. The number of aromatic nitrogens is 3. The fourth-order valence-corrected chi connectivity index (χ4v) is 1.93. The highest BCUT2D eigenvalue weighted by Gasteiger charge is 2.24. The number of halogens is 1. The van der Waals surface area contributed by atoms with Crippen molar-refractivity contribution in [3.63, 3.8) is 0 Å². The normalized spacial score (nSPS) is 17.6. The molecule has 0 amide bonds. The van der Waals surface area contributed by atoms with Crippen LogP contribution < -0.4 is 10.1 Å². The summed E-state index contributed by atoms with van der Waals surface area (Å²) in [5, 5.41) is 9.52. The van der Waals surface area contributed by atoms with E-state index in [2.05, 4.69) is 20.5 Å².